The molecule has 0 aromatic heterocycles. The Balaban J connectivity index is 2.37. The Morgan fingerprint density at radius 2 is 1.95 bits per heavy atom. The first-order valence-electron chi connectivity index (χ1n) is 5.34. The molecule has 5 nitrogen and oxygen atoms in total. The second kappa shape index (κ2) is 5.79. The second-order valence-corrected chi connectivity index (χ2v) is 4.84. The van der Waals surface area contributed by atoms with Crippen molar-refractivity contribution >= 4 is 40.2 Å². The smallest absolute Gasteiger partial charge is 0.311 e. The normalized spacial score (nSPS) is 10.8. The zero-order chi connectivity index (χ0) is 13.8. The number of rotatable bonds is 3. The van der Waals surface area contributed by atoms with Crippen molar-refractivity contribution in [2.75, 3.05) is 0 Å². The van der Waals surface area contributed by atoms with Gasteiger partial charge in [-0.15, -0.1) is 0 Å². The van der Waals surface area contributed by atoms with Crippen molar-refractivity contribution in [3.05, 3.63) is 61.7 Å². The fourth-order valence-corrected chi connectivity index (χ4v) is 2.02. The summed E-state index contributed by atoms with van der Waals surface area (Å²) in [5, 5.41) is 20.5. The fourth-order valence-electron chi connectivity index (χ4n) is 1.50. The van der Waals surface area contributed by atoms with Gasteiger partial charge >= 0.3 is 5.69 Å². The topological polar surface area (TPSA) is 75.7 Å². The van der Waals surface area contributed by atoms with Gasteiger partial charge in [-0.25, -0.2) is 0 Å². The van der Waals surface area contributed by atoms with Crippen LogP contribution < -0.4 is 0 Å². The third-order valence-electron chi connectivity index (χ3n) is 2.44. The van der Waals surface area contributed by atoms with E-state index in [2.05, 4.69) is 27.6 Å². The van der Waals surface area contributed by atoms with Crippen LogP contribution in [0, 0.1) is 13.7 Å². The monoisotopic (exact) mass is 368 g/mol. The van der Waals surface area contributed by atoms with Gasteiger partial charge in [-0.1, -0.05) is 18.2 Å². The number of nitro benzene ring substituents is 1. The lowest BCUT2D eigenvalue weighted by Crippen LogP contribution is -1.91. The number of benzene rings is 2. The van der Waals surface area contributed by atoms with E-state index in [4.69, 9.17) is 0 Å². The molecule has 0 amide bonds. The standard InChI is InChI=1S/C13H9IN2O3/c14-10-5-1-2-6-11(10)15-8-9-4-3-7-12(13(9)17)16(18)19/h1-8,17H. The molecule has 0 saturated carbocycles. The van der Waals surface area contributed by atoms with Gasteiger partial charge in [0.15, 0.2) is 0 Å². The van der Waals surface area contributed by atoms with Crippen molar-refractivity contribution < 1.29 is 10.0 Å². The van der Waals surface area contributed by atoms with E-state index in [1.165, 1.54) is 18.3 Å². The van der Waals surface area contributed by atoms with Crippen LogP contribution in [0.5, 0.6) is 5.75 Å². The molecule has 96 valence electrons. The number of aliphatic imine (C=N–C) groups is 1. The highest BCUT2D eigenvalue weighted by Gasteiger charge is 2.14. The van der Waals surface area contributed by atoms with Crippen molar-refractivity contribution in [2.45, 2.75) is 0 Å². The number of nitrogens with zero attached hydrogens (tertiary/aromatic N) is 2. The van der Waals surface area contributed by atoms with E-state index in [1.54, 1.807) is 6.07 Å². The molecule has 2 rings (SSSR count). The van der Waals surface area contributed by atoms with E-state index in [9.17, 15) is 15.2 Å². The SMILES string of the molecule is O=[N+]([O-])c1cccc(C=Nc2ccccc2I)c1O. The van der Waals surface area contributed by atoms with Crippen LogP contribution in [0.1, 0.15) is 5.56 Å². The van der Waals surface area contributed by atoms with Crippen molar-refractivity contribution in [1.82, 2.24) is 0 Å². The average Bonchev–Trinajstić information content (AvgIpc) is 2.39. The molecule has 0 radical (unpaired) electrons. The van der Waals surface area contributed by atoms with Crippen LogP contribution in [0.4, 0.5) is 11.4 Å². The zero-order valence-corrected chi connectivity index (χ0v) is 11.8. The number of halogens is 1. The molecule has 0 bridgehead atoms. The van der Waals surface area contributed by atoms with Crippen molar-refractivity contribution in [3.63, 3.8) is 0 Å². The van der Waals surface area contributed by atoms with Crippen molar-refractivity contribution in [1.29, 1.82) is 0 Å². The molecule has 0 aliphatic carbocycles. The van der Waals surface area contributed by atoms with E-state index in [0.717, 1.165) is 9.26 Å². The first-order valence-corrected chi connectivity index (χ1v) is 6.42. The van der Waals surface area contributed by atoms with Gasteiger partial charge < -0.3 is 5.11 Å². The minimum absolute atomic E-state index is 0.314. The summed E-state index contributed by atoms with van der Waals surface area (Å²) in [7, 11) is 0. The summed E-state index contributed by atoms with van der Waals surface area (Å²) in [4.78, 5) is 14.3. The van der Waals surface area contributed by atoms with Crippen LogP contribution in [-0.4, -0.2) is 16.2 Å². The highest BCUT2D eigenvalue weighted by Crippen LogP contribution is 2.29. The Morgan fingerprint density at radius 3 is 2.63 bits per heavy atom. The third kappa shape index (κ3) is 3.08. The molecule has 2 aromatic rings. The van der Waals surface area contributed by atoms with E-state index in [-0.39, 0.29) is 11.4 Å². The van der Waals surface area contributed by atoms with Crippen LogP contribution in [0.2, 0.25) is 0 Å². The van der Waals surface area contributed by atoms with Gasteiger partial charge in [-0.2, -0.15) is 0 Å². The molecule has 0 heterocycles. The number of para-hydroxylation sites is 2. The maximum atomic E-state index is 10.7. The molecule has 0 aliphatic heterocycles. The first kappa shape index (κ1) is 13.5. The first-order chi connectivity index (χ1) is 9.09. The van der Waals surface area contributed by atoms with Crippen LogP contribution in [0.3, 0.4) is 0 Å². The van der Waals surface area contributed by atoms with Gasteiger partial charge in [-0.3, -0.25) is 15.1 Å². The number of nitro groups is 1. The highest BCUT2D eigenvalue weighted by atomic mass is 127. The van der Waals surface area contributed by atoms with Crippen molar-refractivity contribution in [2.24, 2.45) is 4.99 Å². The summed E-state index contributed by atoms with van der Waals surface area (Å²) in [6.45, 7) is 0. The van der Waals surface area contributed by atoms with Crippen LogP contribution in [0.25, 0.3) is 0 Å². The van der Waals surface area contributed by atoms with Gasteiger partial charge in [0.1, 0.15) is 0 Å². The quantitative estimate of drug-likeness (QED) is 0.389. The minimum atomic E-state index is -0.626. The molecule has 6 heteroatoms. The lowest BCUT2D eigenvalue weighted by Gasteiger charge is -2.00. The van der Waals surface area contributed by atoms with E-state index in [0.29, 0.717) is 5.56 Å². The second-order valence-electron chi connectivity index (χ2n) is 3.68. The predicted molar refractivity (Wildman–Crippen MR) is 81.2 cm³/mol. The molecular weight excluding hydrogens is 359 g/mol. The Labute approximate surface area is 122 Å². The molecule has 19 heavy (non-hydrogen) atoms. The number of phenolic OH excluding ortho intramolecular Hbond substituents is 1. The maximum Gasteiger partial charge on any atom is 0.311 e. The summed E-state index contributed by atoms with van der Waals surface area (Å²) >= 11 is 2.14. The van der Waals surface area contributed by atoms with Gasteiger partial charge in [0, 0.05) is 21.4 Å². The summed E-state index contributed by atoms with van der Waals surface area (Å²) in [5.74, 6) is -0.373. The number of phenols is 1. The molecule has 0 fully saturated rings. The molecule has 0 saturated heterocycles. The Bertz CT molecular complexity index is 656. The van der Waals surface area contributed by atoms with E-state index >= 15 is 0 Å². The molecule has 2 aromatic carbocycles. The molecular formula is C13H9IN2O3. The lowest BCUT2D eigenvalue weighted by atomic mass is 10.2. The largest absolute Gasteiger partial charge is 0.502 e. The Hall–Kier alpha value is -1.96. The Morgan fingerprint density at radius 1 is 1.21 bits per heavy atom. The van der Waals surface area contributed by atoms with Gasteiger partial charge in [0.2, 0.25) is 5.75 Å². The average molecular weight is 368 g/mol. The zero-order valence-electron chi connectivity index (χ0n) is 9.65. The van der Waals surface area contributed by atoms with Gasteiger partial charge in [0.25, 0.3) is 0 Å². The summed E-state index contributed by atoms with van der Waals surface area (Å²) < 4.78 is 0.960. The molecule has 1 N–H and O–H groups in total. The summed E-state index contributed by atoms with van der Waals surface area (Å²) in [6, 6.07) is 11.8. The number of hydrogen-bond acceptors (Lipinski definition) is 4. The fraction of sp³-hybridized carbons (Fsp3) is 0. The van der Waals surface area contributed by atoms with E-state index in [1.807, 2.05) is 24.3 Å². The molecule has 0 unspecified atom stereocenters. The minimum Gasteiger partial charge on any atom is -0.502 e. The molecule has 0 atom stereocenters. The number of hydrogen-bond donors (Lipinski definition) is 1. The van der Waals surface area contributed by atoms with Crippen LogP contribution in [-0.2, 0) is 0 Å². The Kier molecular flexibility index (Phi) is 4.10. The maximum absolute atomic E-state index is 10.7. The van der Waals surface area contributed by atoms with Gasteiger partial charge in [-0.05, 0) is 40.8 Å². The molecule has 0 spiro atoms. The lowest BCUT2D eigenvalue weighted by molar-refractivity contribution is -0.385. The number of aromatic hydroxyl groups is 1. The third-order valence-corrected chi connectivity index (χ3v) is 3.35. The van der Waals surface area contributed by atoms with Crippen molar-refractivity contribution in [3.8, 4) is 5.75 Å². The summed E-state index contributed by atoms with van der Waals surface area (Å²) in [6.07, 6.45) is 1.42. The molecule has 0 aliphatic rings. The van der Waals surface area contributed by atoms with Gasteiger partial charge in [0.05, 0.1) is 10.6 Å². The summed E-state index contributed by atoms with van der Waals surface area (Å²) in [5.41, 5.74) is 0.731. The van der Waals surface area contributed by atoms with Crippen LogP contribution in [0.15, 0.2) is 47.5 Å². The van der Waals surface area contributed by atoms with E-state index < -0.39 is 4.92 Å². The highest BCUT2D eigenvalue weighted by molar-refractivity contribution is 14.1. The predicted octanol–water partition coefficient (Wildman–Crippen LogP) is 3.66. The van der Waals surface area contributed by atoms with Crippen LogP contribution >= 0.6 is 22.6 Å².